The molecule has 1 aliphatic rings. The van der Waals surface area contributed by atoms with E-state index in [1.807, 2.05) is 25.7 Å². The number of rotatable bonds is 4. The molecule has 2 heterocycles. The van der Waals surface area contributed by atoms with Crippen molar-refractivity contribution in [3.63, 3.8) is 0 Å². The van der Waals surface area contributed by atoms with E-state index in [9.17, 15) is 18.0 Å². The number of anilines is 1. The lowest BCUT2D eigenvalue weighted by molar-refractivity contribution is -0.137. The number of hydrogen-bond acceptors (Lipinski definition) is 5. The normalized spacial score (nSPS) is 15.4. The van der Waals surface area contributed by atoms with Crippen LogP contribution in [0.3, 0.4) is 0 Å². The van der Waals surface area contributed by atoms with Gasteiger partial charge in [-0.15, -0.1) is 0 Å². The summed E-state index contributed by atoms with van der Waals surface area (Å²) in [5, 5.41) is 3.14. The Kier molecular flexibility index (Phi) is 7.07. The summed E-state index contributed by atoms with van der Waals surface area (Å²) >= 11 is 6.49. The molecule has 1 aromatic heterocycles. The predicted octanol–water partition coefficient (Wildman–Crippen LogP) is 6.04. The molecule has 3 rings (SSSR count). The second-order valence-corrected chi connectivity index (χ2v) is 8.86. The van der Waals surface area contributed by atoms with E-state index in [1.54, 1.807) is 6.07 Å². The zero-order valence-corrected chi connectivity index (χ0v) is 18.8. The first-order chi connectivity index (χ1) is 14.9. The van der Waals surface area contributed by atoms with Crippen LogP contribution >= 0.6 is 11.6 Å². The van der Waals surface area contributed by atoms with Gasteiger partial charge in [0.2, 0.25) is 0 Å². The molecule has 1 aromatic carbocycles. The van der Waals surface area contributed by atoms with Gasteiger partial charge in [-0.05, 0) is 57.9 Å². The van der Waals surface area contributed by atoms with Crippen molar-refractivity contribution in [3.8, 4) is 11.5 Å². The molecule has 2 aromatic rings. The highest BCUT2D eigenvalue weighted by atomic mass is 35.5. The first kappa shape index (κ1) is 24.0. The smallest absolute Gasteiger partial charge is 0.416 e. The van der Waals surface area contributed by atoms with E-state index in [0.29, 0.717) is 37.5 Å². The van der Waals surface area contributed by atoms with Gasteiger partial charge >= 0.3 is 12.3 Å². The van der Waals surface area contributed by atoms with Crippen molar-refractivity contribution in [2.75, 3.05) is 18.0 Å². The molecule has 0 spiro atoms. The van der Waals surface area contributed by atoms with Gasteiger partial charge in [0.1, 0.15) is 16.4 Å². The summed E-state index contributed by atoms with van der Waals surface area (Å²) in [6.07, 6.45) is -1.96. The average molecular weight is 472 g/mol. The maximum atomic E-state index is 12.7. The van der Waals surface area contributed by atoms with Gasteiger partial charge in [-0.25, -0.2) is 9.78 Å². The Balaban J connectivity index is 1.62. The molecule has 1 N–H and O–H groups in total. The fourth-order valence-corrected chi connectivity index (χ4v) is 3.53. The van der Waals surface area contributed by atoms with Gasteiger partial charge in [-0.3, -0.25) is 0 Å². The summed E-state index contributed by atoms with van der Waals surface area (Å²) in [5.74, 6) is 1.05. The number of pyridine rings is 1. The summed E-state index contributed by atoms with van der Waals surface area (Å²) in [6, 6.07) is 5.92. The Morgan fingerprint density at radius 1 is 1.12 bits per heavy atom. The zero-order valence-electron chi connectivity index (χ0n) is 18.0. The number of benzene rings is 1. The Bertz CT molecular complexity index is 938. The molecule has 1 fully saturated rings. The number of ether oxygens (including phenoxy) is 2. The summed E-state index contributed by atoms with van der Waals surface area (Å²) in [5.41, 5.74) is -1.32. The van der Waals surface area contributed by atoms with Crippen LogP contribution in [-0.2, 0) is 10.9 Å². The van der Waals surface area contributed by atoms with Crippen LogP contribution in [0.25, 0.3) is 0 Å². The molecule has 0 saturated carbocycles. The highest BCUT2D eigenvalue weighted by molar-refractivity contribution is 6.34. The largest absolute Gasteiger partial charge is 0.456 e. The van der Waals surface area contributed by atoms with Gasteiger partial charge < -0.3 is 19.7 Å². The maximum Gasteiger partial charge on any atom is 0.416 e. The quantitative estimate of drug-likeness (QED) is 0.589. The first-order valence-corrected chi connectivity index (χ1v) is 10.5. The first-order valence-electron chi connectivity index (χ1n) is 10.2. The Hall–Kier alpha value is -2.68. The average Bonchev–Trinajstić information content (AvgIpc) is 2.69. The number of aromatic nitrogens is 1. The number of alkyl carbamates (subject to hydrolysis) is 1. The van der Waals surface area contributed by atoms with Gasteiger partial charge in [0.15, 0.2) is 11.6 Å². The molecule has 6 nitrogen and oxygen atoms in total. The van der Waals surface area contributed by atoms with Crippen molar-refractivity contribution in [1.82, 2.24) is 10.3 Å². The number of carbonyl (C=O) groups excluding carboxylic acids is 1. The van der Waals surface area contributed by atoms with Crippen LogP contribution in [0.1, 0.15) is 39.2 Å². The van der Waals surface area contributed by atoms with Crippen molar-refractivity contribution < 1.29 is 27.4 Å². The van der Waals surface area contributed by atoms with Gasteiger partial charge in [0.05, 0.1) is 5.56 Å². The number of piperidine rings is 1. The molecule has 1 saturated heterocycles. The van der Waals surface area contributed by atoms with Gasteiger partial charge in [-0.2, -0.15) is 13.2 Å². The number of carbonyl (C=O) groups is 1. The molecule has 32 heavy (non-hydrogen) atoms. The number of amides is 1. The van der Waals surface area contributed by atoms with Crippen LogP contribution in [0.2, 0.25) is 5.02 Å². The molecule has 1 aliphatic heterocycles. The third-order valence-corrected chi connectivity index (χ3v) is 5.12. The standard InChI is InChI=1S/C22H25ClF3N3O3/c1-21(2,3)32-20(30)28-15-9-12-29(13-10-15)19-18(23)17(8-11-27-19)31-16-6-4-14(5-7-16)22(24,25)26/h4-8,11,15H,9-10,12-13H2,1-3H3,(H,28,30). The minimum Gasteiger partial charge on any atom is -0.456 e. The minimum absolute atomic E-state index is 0.0218. The summed E-state index contributed by atoms with van der Waals surface area (Å²) in [7, 11) is 0. The zero-order chi connectivity index (χ0) is 23.5. The highest BCUT2D eigenvalue weighted by Gasteiger charge is 2.30. The molecular weight excluding hydrogens is 447 g/mol. The van der Waals surface area contributed by atoms with Crippen molar-refractivity contribution in [1.29, 1.82) is 0 Å². The Morgan fingerprint density at radius 3 is 2.31 bits per heavy atom. The van der Waals surface area contributed by atoms with E-state index in [4.69, 9.17) is 21.1 Å². The van der Waals surface area contributed by atoms with E-state index in [-0.39, 0.29) is 16.8 Å². The molecule has 0 radical (unpaired) electrons. The third kappa shape index (κ3) is 6.41. The predicted molar refractivity (Wildman–Crippen MR) is 115 cm³/mol. The molecule has 1 amide bonds. The van der Waals surface area contributed by atoms with Crippen LogP contribution in [0.15, 0.2) is 36.5 Å². The van der Waals surface area contributed by atoms with Crippen molar-refractivity contribution in [2.24, 2.45) is 0 Å². The van der Waals surface area contributed by atoms with Crippen LogP contribution in [0.4, 0.5) is 23.8 Å². The SMILES string of the molecule is CC(C)(C)OC(=O)NC1CCN(c2nccc(Oc3ccc(C(F)(F)F)cc3)c2Cl)CC1. The van der Waals surface area contributed by atoms with E-state index < -0.39 is 23.4 Å². The third-order valence-electron chi connectivity index (χ3n) is 4.76. The Labute approximate surface area is 189 Å². The monoisotopic (exact) mass is 471 g/mol. The van der Waals surface area contributed by atoms with E-state index in [0.717, 1.165) is 12.1 Å². The van der Waals surface area contributed by atoms with Gasteiger partial charge in [0.25, 0.3) is 0 Å². The molecule has 0 unspecified atom stereocenters. The van der Waals surface area contributed by atoms with Crippen LogP contribution in [0, 0.1) is 0 Å². The number of nitrogens with one attached hydrogen (secondary N) is 1. The molecule has 0 aliphatic carbocycles. The van der Waals surface area contributed by atoms with Crippen molar-refractivity contribution in [2.45, 2.75) is 51.4 Å². The Morgan fingerprint density at radius 2 is 1.75 bits per heavy atom. The van der Waals surface area contributed by atoms with Crippen LogP contribution in [-0.4, -0.2) is 35.8 Å². The number of halogens is 4. The van der Waals surface area contributed by atoms with E-state index in [1.165, 1.54) is 18.3 Å². The highest BCUT2D eigenvalue weighted by Crippen LogP contribution is 2.37. The summed E-state index contributed by atoms with van der Waals surface area (Å²) in [6.45, 7) is 6.64. The van der Waals surface area contributed by atoms with Gasteiger partial charge in [-0.1, -0.05) is 11.6 Å². The lowest BCUT2D eigenvalue weighted by Gasteiger charge is -2.34. The van der Waals surface area contributed by atoms with Crippen molar-refractivity contribution in [3.05, 3.63) is 47.1 Å². The number of alkyl halides is 3. The lowest BCUT2D eigenvalue weighted by Crippen LogP contribution is -2.46. The topological polar surface area (TPSA) is 63.7 Å². The second-order valence-electron chi connectivity index (χ2n) is 8.48. The lowest BCUT2D eigenvalue weighted by atomic mass is 10.1. The minimum atomic E-state index is -4.41. The summed E-state index contributed by atoms with van der Waals surface area (Å²) in [4.78, 5) is 18.3. The van der Waals surface area contributed by atoms with Gasteiger partial charge in [0, 0.05) is 31.4 Å². The maximum absolute atomic E-state index is 12.7. The van der Waals surface area contributed by atoms with Crippen LogP contribution in [0.5, 0.6) is 11.5 Å². The number of nitrogens with zero attached hydrogens (tertiary/aromatic N) is 2. The van der Waals surface area contributed by atoms with E-state index >= 15 is 0 Å². The van der Waals surface area contributed by atoms with Crippen LogP contribution < -0.4 is 15.0 Å². The second kappa shape index (κ2) is 9.44. The summed E-state index contributed by atoms with van der Waals surface area (Å²) < 4.78 is 49.2. The number of hydrogen-bond donors (Lipinski definition) is 1. The molecule has 0 atom stereocenters. The molecule has 174 valence electrons. The molecule has 0 bridgehead atoms. The molecular formula is C22H25ClF3N3O3. The molecule has 10 heteroatoms. The fourth-order valence-electron chi connectivity index (χ4n) is 3.26. The van der Waals surface area contributed by atoms with Crippen molar-refractivity contribution >= 4 is 23.5 Å². The fraction of sp³-hybridized carbons (Fsp3) is 0.455. The van der Waals surface area contributed by atoms with E-state index in [2.05, 4.69) is 10.3 Å².